The molecular formula is C16H25FN2O2. The van der Waals surface area contributed by atoms with Crippen molar-refractivity contribution in [3.8, 4) is 5.75 Å². The van der Waals surface area contributed by atoms with Gasteiger partial charge in [0.2, 0.25) is 0 Å². The van der Waals surface area contributed by atoms with Crippen molar-refractivity contribution in [1.82, 2.24) is 10.2 Å². The van der Waals surface area contributed by atoms with Crippen molar-refractivity contribution in [2.24, 2.45) is 0 Å². The number of amides is 1. The lowest BCUT2D eigenvalue weighted by atomic mass is 10.2. The van der Waals surface area contributed by atoms with Crippen LogP contribution in [-0.2, 0) is 11.3 Å². The average Bonchev–Trinajstić information content (AvgIpc) is 2.45. The van der Waals surface area contributed by atoms with Crippen molar-refractivity contribution >= 4 is 5.91 Å². The van der Waals surface area contributed by atoms with Crippen LogP contribution in [0.3, 0.4) is 0 Å². The van der Waals surface area contributed by atoms with Crippen LogP contribution < -0.4 is 10.1 Å². The fourth-order valence-electron chi connectivity index (χ4n) is 1.76. The Kier molecular flexibility index (Phi) is 7.15. The maximum absolute atomic E-state index is 13.3. The summed E-state index contributed by atoms with van der Waals surface area (Å²) in [5.41, 5.74) is 0.725. The Bertz CT molecular complexity index is 464. The predicted molar refractivity (Wildman–Crippen MR) is 81.8 cm³/mol. The first-order valence-electron chi connectivity index (χ1n) is 7.33. The van der Waals surface area contributed by atoms with Gasteiger partial charge in [0.15, 0.2) is 6.61 Å². The molecule has 0 bridgehead atoms. The third-order valence-electron chi connectivity index (χ3n) is 3.28. The molecule has 0 fully saturated rings. The molecule has 118 valence electrons. The minimum absolute atomic E-state index is 0.0406. The van der Waals surface area contributed by atoms with E-state index in [0.717, 1.165) is 18.5 Å². The number of benzene rings is 1. The largest absolute Gasteiger partial charge is 0.483 e. The lowest BCUT2D eigenvalue weighted by molar-refractivity contribution is -0.133. The van der Waals surface area contributed by atoms with Crippen molar-refractivity contribution in [2.75, 3.05) is 20.2 Å². The van der Waals surface area contributed by atoms with Gasteiger partial charge in [-0.3, -0.25) is 4.79 Å². The molecule has 4 nitrogen and oxygen atoms in total. The van der Waals surface area contributed by atoms with Crippen molar-refractivity contribution in [3.05, 3.63) is 29.6 Å². The van der Waals surface area contributed by atoms with Gasteiger partial charge in [0, 0.05) is 25.2 Å². The normalized spacial score (nSPS) is 10.8. The van der Waals surface area contributed by atoms with Crippen molar-refractivity contribution in [3.63, 3.8) is 0 Å². The Labute approximate surface area is 126 Å². The summed E-state index contributed by atoms with van der Waals surface area (Å²) in [4.78, 5) is 13.5. The molecule has 1 aromatic rings. The SMILES string of the molecule is CCCNCc1cc(F)ccc1OCC(=O)N(C)C(C)C. The van der Waals surface area contributed by atoms with Crippen molar-refractivity contribution < 1.29 is 13.9 Å². The molecule has 0 saturated heterocycles. The minimum atomic E-state index is -0.304. The number of carbonyl (C=O) groups excluding carboxylic acids is 1. The zero-order valence-electron chi connectivity index (χ0n) is 13.3. The Morgan fingerprint density at radius 1 is 1.43 bits per heavy atom. The van der Waals surface area contributed by atoms with E-state index in [0.29, 0.717) is 12.3 Å². The Morgan fingerprint density at radius 2 is 2.14 bits per heavy atom. The summed E-state index contributed by atoms with van der Waals surface area (Å²) in [5, 5.41) is 3.21. The van der Waals surface area contributed by atoms with Gasteiger partial charge in [-0.05, 0) is 45.0 Å². The number of hydrogen-bond acceptors (Lipinski definition) is 3. The standard InChI is InChI=1S/C16H25FN2O2/c1-5-8-18-10-13-9-14(17)6-7-15(13)21-11-16(20)19(4)12(2)3/h6-7,9,12,18H,5,8,10-11H2,1-4H3. The van der Waals surface area contributed by atoms with Crippen LogP contribution in [0.5, 0.6) is 5.75 Å². The van der Waals surface area contributed by atoms with E-state index in [1.54, 1.807) is 18.0 Å². The molecule has 0 spiro atoms. The average molecular weight is 296 g/mol. The number of nitrogens with one attached hydrogen (secondary N) is 1. The zero-order chi connectivity index (χ0) is 15.8. The molecule has 0 saturated carbocycles. The third-order valence-corrected chi connectivity index (χ3v) is 3.28. The molecule has 1 aromatic carbocycles. The summed E-state index contributed by atoms with van der Waals surface area (Å²) in [6, 6.07) is 4.48. The van der Waals surface area contributed by atoms with Crippen LogP contribution in [0.2, 0.25) is 0 Å². The summed E-state index contributed by atoms with van der Waals surface area (Å²) < 4.78 is 18.9. The van der Waals surface area contributed by atoms with Crippen LogP contribution in [0.15, 0.2) is 18.2 Å². The van der Waals surface area contributed by atoms with Gasteiger partial charge in [-0.25, -0.2) is 4.39 Å². The topological polar surface area (TPSA) is 41.6 Å². The molecule has 1 rings (SSSR count). The lowest BCUT2D eigenvalue weighted by Crippen LogP contribution is -2.36. The Hall–Kier alpha value is -1.62. The van der Waals surface area contributed by atoms with Crippen molar-refractivity contribution in [2.45, 2.75) is 39.8 Å². The fourth-order valence-corrected chi connectivity index (χ4v) is 1.76. The van der Waals surface area contributed by atoms with Gasteiger partial charge in [0.1, 0.15) is 11.6 Å². The van der Waals surface area contributed by atoms with Crippen LogP contribution in [0.25, 0.3) is 0 Å². The van der Waals surface area contributed by atoms with E-state index in [4.69, 9.17) is 4.74 Å². The minimum Gasteiger partial charge on any atom is -0.483 e. The first-order valence-corrected chi connectivity index (χ1v) is 7.33. The zero-order valence-corrected chi connectivity index (χ0v) is 13.3. The summed E-state index contributed by atoms with van der Waals surface area (Å²) in [7, 11) is 1.74. The highest BCUT2D eigenvalue weighted by atomic mass is 19.1. The van der Waals surface area contributed by atoms with Gasteiger partial charge in [-0.15, -0.1) is 0 Å². The monoisotopic (exact) mass is 296 g/mol. The molecule has 21 heavy (non-hydrogen) atoms. The number of hydrogen-bond donors (Lipinski definition) is 1. The molecule has 0 heterocycles. The molecular weight excluding hydrogens is 271 g/mol. The van der Waals surface area contributed by atoms with E-state index < -0.39 is 0 Å². The molecule has 0 atom stereocenters. The maximum Gasteiger partial charge on any atom is 0.260 e. The summed E-state index contributed by atoms with van der Waals surface area (Å²) in [5.74, 6) is 0.147. The second-order valence-corrected chi connectivity index (χ2v) is 5.32. The molecule has 0 unspecified atom stereocenters. The number of carbonyl (C=O) groups is 1. The second-order valence-electron chi connectivity index (χ2n) is 5.32. The van der Waals surface area contributed by atoms with Crippen molar-refractivity contribution in [1.29, 1.82) is 0 Å². The summed E-state index contributed by atoms with van der Waals surface area (Å²) in [6.45, 7) is 7.28. The molecule has 0 radical (unpaired) electrons. The van der Waals surface area contributed by atoms with E-state index in [1.807, 2.05) is 13.8 Å². The van der Waals surface area contributed by atoms with Crippen LogP contribution in [0.1, 0.15) is 32.8 Å². The van der Waals surface area contributed by atoms with Gasteiger partial charge in [-0.2, -0.15) is 0 Å². The van der Waals surface area contributed by atoms with E-state index in [2.05, 4.69) is 12.2 Å². The highest BCUT2D eigenvalue weighted by Gasteiger charge is 2.13. The number of likely N-dealkylation sites (N-methyl/N-ethyl adjacent to an activating group) is 1. The van der Waals surface area contributed by atoms with E-state index in [-0.39, 0.29) is 24.4 Å². The molecule has 0 aliphatic carbocycles. The maximum atomic E-state index is 13.3. The van der Waals surface area contributed by atoms with Crippen LogP contribution >= 0.6 is 0 Å². The highest BCUT2D eigenvalue weighted by Crippen LogP contribution is 2.19. The molecule has 0 aromatic heterocycles. The number of halogens is 1. The van der Waals surface area contributed by atoms with Gasteiger partial charge in [0.05, 0.1) is 0 Å². The first kappa shape index (κ1) is 17.4. The quantitative estimate of drug-likeness (QED) is 0.750. The predicted octanol–water partition coefficient (Wildman–Crippen LogP) is 2.57. The van der Waals surface area contributed by atoms with Crippen LogP contribution in [-0.4, -0.2) is 37.0 Å². The second kappa shape index (κ2) is 8.62. The van der Waals surface area contributed by atoms with Crippen LogP contribution in [0.4, 0.5) is 4.39 Å². The molecule has 5 heteroatoms. The smallest absolute Gasteiger partial charge is 0.260 e. The van der Waals surface area contributed by atoms with E-state index >= 15 is 0 Å². The summed E-state index contributed by atoms with van der Waals surface area (Å²) >= 11 is 0. The Balaban J connectivity index is 2.67. The Morgan fingerprint density at radius 3 is 2.76 bits per heavy atom. The first-order chi connectivity index (χ1) is 9.95. The van der Waals surface area contributed by atoms with Gasteiger partial charge >= 0.3 is 0 Å². The molecule has 0 aliphatic heterocycles. The van der Waals surface area contributed by atoms with E-state index in [9.17, 15) is 9.18 Å². The van der Waals surface area contributed by atoms with Gasteiger partial charge in [0.25, 0.3) is 5.91 Å². The highest BCUT2D eigenvalue weighted by molar-refractivity contribution is 5.77. The molecule has 0 aliphatic rings. The van der Waals surface area contributed by atoms with E-state index in [1.165, 1.54) is 12.1 Å². The lowest BCUT2D eigenvalue weighted by Gasteiger charge is -2.22. The number of ether oxygens (including phenoxy) is 1. The molecule has 1 N–H and O–H groups in total. The van der Waals surface area contributed by atoms with Crippen LogP contribution in [0, 0.1) is 5.82 Å². The summed E-state index contributed by atoms with van der Waals surface area (Å²) in [6.07, 6.45) is 1.00. The number of rotatable bonds is 8. The molecule has 1 amide bonds. The van der Waals surface area contributed by atoms with Gasteiger partial charge < -0.3 is 15.0 Å². The fraction of sp³-hybridized carbons (Fsp3) is 0.562. The van der Waals surface area contributed by atoms with Gasteiger partial charge in [-0.1, -0.05) is 6.92 Å². The number of nitrogens with zero attached hydrogens (tertiary/aromatic N) is 1. The third kappa shape index (κ3) is 5.71.